The molecule has 6 nitrogen and oxygen atoms in total. The molecule has 3 aromatic rings. The Morgan fingerprint density at radius 3 is 2.50 bits per heavy atom. The van der Waals surface area contributed by atoms with Gasteiger partial charge in [0.15, 0.2) is 5.13 Å². The zero-order valence-corrected chi connectivity index (χ0v) is 20.0. The molecule has 1 aromatic heterocycles. The van der Waals surface area contributed by atoms with Crippen LogP contribution in [0.15, 0.2) is 36.4 Å². The van der Waals surface area contributed by atoms with Gasteiger partial charge in [0.05, 0.1) is 35.1 Å². The SMILES string of the molecule is Cc1ccc(C)c2sc(N(CCCN3CCOCC3)C(=O)c3ccc(C#N)cc3)nc12.Cl. The molecule has 1 amide bonds. The Hall–Kier alpha value is -2.50. The number of aromatic nitrogens is 1. The minimum atomic E-state index is -0.0826. The van der Waals surface area contributed by atoms with E-state index in [1.165, 1.54) is 5.56 Å². The van der Waals surface area contributed by atoms with Gasteiger partial charge in [-0.15, -0.1) is 12.4 Å². The van der Waals surface area contributed by atoms with E-state index in [9.17, 15) is 4.79 Å². The van der Waals surface area contributed by atoms with E-state index >= 15 is 0 Å². The van der Waals surface area contributed by atoms with Crippen LogP contribution in [0, 0.1) is 25.2 Å². The van der Waals surface area contributed by atoms with Crippen molar-refractivity contribution in [1.29, 1.82) is 5.26 Å². The van der Waals surface area contributed by atoms with Gasteiger partial charge in [0.1, 0.15) is 0 Å². The number of anilines is 1. The number of thiazole rings is 1. The van der Waals surface area contributed by atoms with Gasteiger partial charge < -0.3 is 4.74 Å². The number of morpholine rings is 1. The Labute approximate surface area is 198 Å². The van der Waals surface area contributed by atoms with Gasteiger partial charge >= 0.3 is 0 Å². The summed E-state index contributed by atoms with van der Waals surface area (Å²) in [6.45, 7) is 9.05. The van der Waals surface area contributed by atoms with Crippen LogP contribution < -0.4 is 4.90 Å². The lowest BCUT2D eigenvalue weighted by molar-refractivity contribution is 0.0376. The number of halogens is 1. The number of nitriles is 1. The summed E-state index contributed by atoms with van der Waals surface area (Å²) >= 11 is 1.57. The Kier molecular flexibility index (Phi) is 8.21. The molecule has 0 unspecified atom stereocenters. The molecule has 0 aliphatic carbocycles. The van der Waals surface area contributed by atoms with E-state index < -0.39 is 0 Å². The van der Waals surface area contributed by atoms with Crippen molar-refractivity contribution in [1.82, 2.24) is 9.88 Å². The van der Waals surface area contributed by atoms with Crippen molar-refractivity contribution in [2.24, 2.45) is 0 Å². The van der Waals surface area contributed by atoms with Crippen LogP contribution in [0.5, 0.6) is 0 Å². The third kappa shape index (κ3) is 5.28. The maximum absolute atomic E-state index is 13.4. The van der Waals surface area contributed by atoms with Gasteiger partial charge in [-0.05, 0) is 55.7 Å². The fourth-order valence-corrected chi connectivity index (χ4v) is 4.90. The van der Waals surface area contributed by atoms with Gasteiger partial charge in [-0.2, -0.15) is 5.26 Å². The normalized spacial score (nSPS) is 14.0. The fraction of sp³-hybridized carbons (Fsp3) is 0.375. The number of aryl methyl sites for hydroxylation is 2. The monoisotopic (exact) mass is 470 g/mol. The Bertz CT molecular complexity index is 1080. The van der Waals surface area contributed by atoms with Crippen LogP contribution in [-0.2, 0) is 4.74 Å². The topological polar surface area (TPSA) is 69.5 Å². The molecular weight excluding hydrogens is 444 g/mol. The summed E-state index contributed by atoms with van der Waals surface area (Å²) in [6.07, 6.45) is 0.857. The number of fused-ring (bicyclic) bond motifs is 1. The number of benzene rings is 2. The van der Waals surface area contributed by atoms with Crippen LogP contribution in [0.2, 0.25) is 0 Å². The minimum Gasteiger partial charge on any atom is -0.379 e. The Morgan fingerprint density at radius 1 is 1.16 bits per heavy atom. The predicted octanol–water partition coefficient (Wildman–Crippen LogP) is 4.58. The van der Waals surface area contributed by atoms with Crippen molar-refractivity contribution < 1.29 is 9.53 Å². The van der Waals surface area contributed by atoms with Crippen molar-refractivity contribution in [3.8, 4) is 6.07 Å². The lowest BCUT2D eigenvalue weighted by Gasteiger charge is -2.27. The molecule has 0 spiro atoms. The maximum Gasteiger partial charge on any atom is 0.260 e. The summed E-state index contributed by atoms with van der Waals surface area (Å²) in [5.74, 6) is -0.0826. The summed E-state index contributed by atoms with van der Waals surface area (Å²) in [4.78, 5) is 22.5. The maximum atomic E-state index is 13.4. The zero-order valence-electron chi connectivity index (χ0n) is 18.3. The molecule has 0 bridgehead atoms. The fourth-order valence-electron chi connectivity index (χ4n) is 3.77. The van der Waals surface area contributed by atoms with Crippen molar-refractivity contribution >= 4 is 45.0 Å². The minimum absolute atomic E-state index is 0. The number of amides is 1. The highest BCUT2D eigenvalue weighted by molar-refractivity contribution is 7.22. The van der Waals surface area contributed by atoms with E-state index in [4.69, 9.17) is 15.0 Å². The Morgan fingerprint density at radius 2 is 1.84 bits per heavy atom. The second-order valence-corrected chi connectivity index (χ2v) is 8.80. The predicted molar refractivity (Wildman–Crippen MR) is 131 cm³/mol. The van der Waals surface area contributed by atoms with E-state index in [2.05, 4.69) is 36.9 Å². The molecule has 0 N–H and O–H groups in total. The first kappa shape index (κ1) is 24.1. The lowest BCUT2D eigenvalue weighted by Crippen LogP contribution is -2.39. The van der Waals surface area contributed by atoms with E-state index in [1.807, 2.05) is 0 Å². The Balaban J connectivity index is 0.00000289. The van der Waals surface area contributed by atoms with Gasteiger partial charge in [0.2, 0.25) is 0 Å². The molecule has 168 valence electrons. The molecule has 0 radical (unpaired) electrons. The van der Waals surface area contributed by atoms with Crippen LogP contribution in [-0.4, -0.2) is 55.2 Å². The quantitative estimate of drug-likeness (QED) is 0.527. The number of hydrogen-bond donors (Lipinski definition) is 0. The molecule has 2 aromatic carbocycles. The third-order valence-electron chi connectivity index (χ3n) is 5.63. The van der Waals surface area contributed by atoms with Gasteiger partial charge in [-0.25, -0.2) is 4.98 Å². The molecule has 8 heteroatoms. The second-order valence-electron chi connectivity index (χ2n) is 7.83. The second kappa shape index (κ2) is 10.9. The van der Waals surface area contributed by atoms with E-state index in [1.54, 1.807) is 40.5 Å². The lowest BCUT2D eigenvalue weighted by atomic mass is 10.1. The highest BCUT2D eigenvalue weighted by Gasteiger charge is 2.22. The summed E-state index contributed by atoms with van der Waals surface area (Å²) in [7, 11) is 0. The molecule has 2 heterocycles. The van der Waals surface area contributed by atoms with Crippen molar-refractivity contribution in [3.05, 3.63) is 58.7 Å². The number of hydrogen-bond acceptors (Lipinski definition) is 6. The molecule has 1 aliphatic heterocycles. The number of nitrogens with zero attached hydrogens (tertiary/aromatic N) is 4. The van der Waals surface area contributed by atoms with Gasteiger partial charge in [-0.3, -0.25) is 14.6 Å². The number of carbonyl (C=O) groups excluding carboxylic acids is 1. The van der Waals surface area contributed by atoms with Crippen molar-refractivity contribution in [3.63, 3.8) is 0 Å². The van der Waals surface area contributed by atoms with Crippen LogP contribution in [0.3, 0.4) is 0 Å². The van der Waals surface area contributed by atoms with Crippen LogP contribution in [0.25, 0.3) is 10.2 Å². The van der Waals surface area contributed by atoms with Gasteiger partial charge in [-0.1, -0.05) is 23.5 Å². The summed E-state index contributed by atoms with van der Waals surface area (Å²) in [6, 6.07) is 13.1. The standard InChI is InChI=1S/C24H26N4O2S.ClH/c1-17-4-5-18(2)22-21(17)26-24(31-22)28(11-3-10-27-12-14-30-15-13-27)23(29)20-8-6-19(16-25)7-9-20;/h4-9H,3,10-15H2,1-2H3;1H. The smallest absolute Gasteiger partial charge is 0.260 e. The van der Waals surface area contributed by atoms with Crippen LogP contribution in [0.4, 0.5) is 5.13 Å². The van der Waals surface area contributed by atoms with Gasteiger partial charge in [0.25, 0.3) is 5.91 Å². The molecule has 1 aliphatic rings. The summed E-state index contributed by atoms with van der Waals surface area (Å²) in [5, 5.41) is 9.79. The van der Waals surface area contributed by atoms with Crippen LogP contribution >= 0.6 is 23.7 Å². The molecule has 1 saturated heterocycles. The highest BCUT2D eigenvalue weighted by atomic mass is 35.5. The average molecular weight is 471 g/mol. The molecule has 1 fully saturated rings. The largest absolute Gasteiger partial charge is 0.379 e. The number of rotatable bonds is 6. The first-order valence-corrected chi connectivity index (χ1v) is 11.4. The zero-order chi connectivity index (χ0) is 21.8. The molecule has 0 atom stereocenters. The van der Waals surface area contributed by atoms with E-state index in [-0.39, 0.29) is 18.3 Å². The summed E-state index contributed by atoms with van der Waals surface area (Å²) < 4.78 is 6.56. The average Bonchev–Trinajstić information content (AvgIpc) is 3.26. The highest BCUT2D eigenvalue weighted by Crippen LogP contribution is 2.33. The third-order valence-corrected chi connectivity index (χ3v) is 6.84. The van der Waals surface area contributed by atoms with Gasteiger partial charge in [0, 0.05) is 31.7 Å². The van der Waals surface area contributed by atoms with Crippen LogP contribution in [0.1, 0.15) is 33.5 Å². The molecule has 0 saturated carbocycles. The number of carbonyl (C=O) groups is 1. The van der Waals surface area contributed by atoms with E-state index in [0.29, 0.717) is 17.7 Å². The molecular formula is C24H27ClN4O2S. The first-order chi connectivity index (χ1) is 15.1. The summed E-state index contributed by atoms with van der Waals surface area (Å²) in [5.41, 5.74) is 4.36. The first-order valence-electron chi connectivity index (χ1n) is 10.6. The van der Waals surface area contributed by atoms with Crippen molar-refractivity contribution in [2.45, 2.75) is 20.3 Å². The molecule has 32 heavy (non-hydrogen) atoms. The van der Waals surface area contributed by atoms with E-state index in [0.717, 1.165) is 60.2 Å². The molecule has 4 rings (SSSR count). The number of ether oxygens (including phenoxy) is 1. The van der Waals surface area contributed by atoms with Crippen molar-refractivity contribution in [2.75, 3.05) is 44.3 Å².